The highest BCUT2D eigenvalue weighted by molar-refractivity contribution is 5.19. The molecule has 0 saturated heterocycles. The van der Waals surface area contributed by atoms with E-state index < -0.39 is 6.10 Å². The Morgan fingerprint density at radius 1 is 1.21 bits per heavy atom. The van der Waals surface area contributed by atoms with Crippen molar-refractivity contribution in [3.63, 3.8) is 0 Å². The van der Waals surface area contributed by atoms with E-state index in [1.165, 1.54) is 0 Å². The van der Waals surface area contributed by atoms with Crippen molar-refractivity contribution in [2.24, 2.45) is 11.1 Å². The van der Waals surface area contributed by atoms with E-state index in [0.29, 0.717) is 0 Å². The van der Waals surface area contributed by atoms with Gasteiger partial charge in [-0.2, -0.15) is 0 Å². The quantitative estimate of drug-likeness (QED) is 0.772. The van der Waals surface area contributed by atoms with Gasteiger partial charge in [0.15, 0.2) is 0 Å². The van der Waals surface area contributed by atoms with Gasteiger partial charge < -0.3 is 10.8 Å². The topological polar surface area (TPSA) is 46.2 Å². The van der Waals surface area contributed by atoms with Crippen LogP contribution in [0.3, 0.4) is 0 Å². The van der Waals surface area contributed by atoms with E-state index in [9.17, 15) is 5.11 Å². The van der Waals surface area contributed by atoms with Gasteiger partial charge in [0.2, 0.25) is 0 Å². The fraction of sp³-hybridized carbons (Fsp3) is 0.500. The van der Waals surface area contributed by atoms with Crippen LogP contribution in [0.15, 0.2) is 30.3 Å². The molecule has 0 aliphatic carbocycles. The number of benzene rings is 1. The fourth-order valence-corrected chi connectivity index (χ4v) is 1.31. The zero-order valence-corrected chi connectivity index (χ0v) is 9.07. The first-order chi connectivity index (χ1) is 6.46. The third kappa shape index (κ3) is 2.14. The molecule has 0 bridgehead atoms. The van der Waals surface area contributed by atoms with Gasteiger partial charge in [0.05, 0.1) is 6.10 Å². The molecule has 1 rings (SSSR count). The molecule has 2 atom stereocenters. The molecule has 0 radical (unpaired) electrons. The number of rotatable bonds is 3. The van der Waals surface area contributed by atoms with Crippen LogP contribution in [-0.2, 0) is 0 Å². The molecule has 0 aromatic heterocycles. The Hall–Kier alpha value is -0.860. The van der Waals surface area contributed by atoms with Crippen LogP contribution in [0.25, 0.3) is 0 Å². The van der Waals surface area contributed by atoms with E-state index in [4.69, 9.17) is 5.73 Å². The molecule has 0 fully saturated rings. The van der Waals surface area contributed by atoms with Gasteiger partial charge in [-0.3, -0.25) is 0 Å². The Morgan fingerprint density at radius 3 is 2.14 bits per heavy atom. The molecule has 0 aliphatic rings. The number of aliphatic hydroxyl groups is 1. The monoisotopic (exact) mass is 193 g/mol. The number of hydrogen-bond acceptors (Lipinski definition) is 2. The summed E-state index contributed by atoms with van der Waals surface area (Å²) in [5, 5.41) is 10.1. The number of nitrogens with two attached hydrogens (primary N) is 1. The molecule has 1 aromatic carbocycles. The molecular formula is C12H19NO. The third-order valence-electron chi connectivity index (χ3n) is 2.99. The largest absolute Gasteiger partial charge is 0.388 e. The Balaban J connectivity index is 2.90. The van der Waals surface area contributed by atoms with Crippen molar-refractivity contribution in [3.8, 4) is 0 Å². The van der Waals surface area contributed by atoms with Gasteiger partial charge in [-0.15, -0.1) is 0 Å². The number of hydrogen-bond donors (Lipinski definition) is 2. The first kappa shape index (κ1) is 11.2. The highest BCUT2D eigenvalue weighted by Crippen LogP contribution is 2.35. The maximum absolute atomic E-state index is 10.1. The molecule has 2 nitrogen and oxygen atoms in total. The minimum absolute atomic E-state index is 0.0438. The lowest BCUT2D eigenvalue weighted by atomic mass is 9.77. The Morgan fingerprint density at radius 2 is 1.71 bits per heavy atom. The second-order valence-corrected chi connectivity index (χ2v) is 4.42. The second-order valence-electron chi connectivity index (χ2n) is 4.42. The molecule has 14 heavy (non-hydrogen) atoms. The van der Waals surface area contributed by atoms with Crippen LogP contribution in [0.2, 0.25) is 0 Å². The normalized spacial score (nSPS) is 16.4. The standard InChI is InChI=1S/C12H19NO/c1-9(13)12(2,3)11(14)10-7-5-4-6-8-10/h4-9,11,14H,13H2,1-3H3. The van der Waals surface area contributed by atoms with E-state index in [-0.39, 0.29) is 11.5 Å². The van der Waals surface area contributed by atoms with Crippen molar-refractivity contribution < 1.29 is 5.11 Å². The van der Waals surface area contributed by atoms with Crippen molar-refractivity contribution >= 4 is 0 Å². The molecule has 0 amide bonds. The summed E-state index contributed by atoms with van der Waals surface area (Å²) in [5.41, 5.74) is 6.47. The van der Waals surface area contributed by atoms with E-state index >= 15 is 0 Å². The Bertz CT molecular complexity index is 280. The minimum Gasteiger partial charge on any atom is -0.388 e. The molecule has 78 valence electrons. The SMILES string of the molecule is CC(N)C(C)(C)C(O)c1ccccc1. The highest BCUT2D eigenvalue weighted by Gasteiger charge is 2.32. The van der Waals surface area contributed by atoms with Gasteiger partial charge in [-0.25, -0.2) is 0 Å². The van der Waals surface area contributed by atoms with E-state index in [1.54, 1.807) is 0 Å². The van der Waals surface area contributed by atoms with E-state index in [0.717, 1.165) is 5.56 Å². The first-order valence-electron chi connectivity index (χ1n) is 4.95. The second kappa shape index (κ2) is 4.11. The van der Waals surface area contributed by atoms with Gasteiger partial charge in [0, 0.05) is 11.5 Å². The van der Waals surface area contributed by atoms with Crippen LogP contribution in [0.5, 0.6) is 0 Å². The Kier molecular flexibility index (Phi) is 3.29. The predicted octanol–water partition coefficient (Wildman–Crippen LogP) is 2.09. The maximum atomic E-state index is 10.1. The van der Waals surface area contributed by atoms with E-state index in [2.05, 4.69) is 0 Å². The molecule has 2 unspecified atom stereocenters. The van der Waals surface area contributed by atoms with Crippen molar-refractivity contribution in [1.82, 2.24) is 0 Å². The van der Waals surface area contributed by atoms with Crippen molar-refractivity contribution in [3.05, 3.63) is 35.9 Å². The molecule has 2 heteroatoms. The summed E-state index contributed by atoms with van der Waals surface area (Å²) < 4.78 is 0. The van der Waals surface area contributed by atoms with Gasteiger partial charge in [0.1, 0.15) is 0 Å². The third-order valence-corrected chi connectivity index (χ3v) is 2.99. The fourth-order valence-electron chi connectivity index (χ4n) is 1.31. The zero-order chi connectivity index (χ0) is 10.8. The van der Waals surface area contributed by atoms with Crippen LogP contribution < -0.4 is 5.73 Å². The van der Waals surface area contributed by atoms with Gasteiger partial charge in [0.25, 0.3) is 0 Å². The summed E-state index contributed by atoms with van der Waals surface area (Å²) in [5.74, 6) is 0. The molecule has 0 saturated carbocycles. The minimum atomic E-state index is -0.510. The average Bonchev–Trinajstić information content (AvgIpc) is 2.17. The van der Waals surface area contributed by atoms with Crippen LogP contribution >= 0.6 is 0 Å². The van der Waals surface area contributed by atoms with Crippen LogP contribution in [0.1, 0.15) is 32.4 Å². The maximum Gasteiger partial charge on any atom is 0.0855 e. The summed E-state index contributed by atoms with van der Waals surface area (Å²) in [6.07, 6.45) is -0.510. The summed E-state index contributed by atoms with van der Waals surface area (Å²) in [7, 11) is 0. The molecule has 3 N–H and O–H groups in total. The van der Waals surface area contributed by atoms with Crippen molar-refractivity contribution in [2.75, 3.05) is 0 Å². The van der Waals surface area contributed by atoms with Gasteiger partial charge in [-0.05, 0) is 12.5 Å². The smallest absolute Gasteiger partial charge is 0.0855 e. The summed E-state index contributed by atoms with van der Waals surface area (Å²) >= 11 is 0. The van der Waals surface area contributed by atoms with Crippen LogP contribution in [0.4, 0.5) is 0 Å². The summed E-state index contributed by atoms with van der Waals surface area (Å²) in [4.78, 5) is 0. The molecular weight excluding hydrogens is 174 g/mol. The Labute approximate surface area is 85.8 Å². The zero-order valence-electron chi connectivity index (χ0n) is 9.07. The van der Waals surface area contributed by atoms with Crippen LogP contribution in [0, 0.1) is 5.41 Å². The van der Waals surface area contributed by atoms with Crippen molar-refractivity contribution in [1.29, 1.82) is 0 Å². The number of aliphatic hydroxyl groups excluding tert-OH is 1. The molecule has 0 heterocycles. The lowest BCUT2D eigenvalue weighted by Gasteiger charge is -2.34. The lowest BCUT2D eigenvalue weighted by Crippen LogP contribution is -2.39. The molecule has 0 spiro atoms. The van der Waals surface area contributed by atoms with E-state index in [1.807, 2.05) is 51.1 Å². The molecule has 0 aliphatic heterocycles. The van der Waals surface area contributed by atoms with Gasteiger partial charge >= 0.3 is 0 Å². The van der Waals surface area contributed by atoms with Crippen molar-refractivity contribution in [2.45, 2.75) is 32.9 Å². The molecule has 1 aromatic rings. The summed E-state index contributed by atoms with van der Waals surface area (Å²) in [6.45, 7) is 5.89. The highest BCUT2D eigenvalue weighted by atomic mass is 16.3. The average molecular weight is 193 g/mol. The summed E-state index contributed by atoms with van der Waals surface area (Å²) in [6, 6.07) is 9.60. The lowest BCUT2D eigenvalue weighted by molar-refractivity contribution is 0.0344. The first-order valence-corrected chi connectivity index (χ1v) is 4.95. The van der Waals surface area contributed by atoms with Crippen LogP contribution in [-0.4, -0.2) is 11.1 Å². The predicted molar refractivity (Wildman–Crippen MR) is 58.8 cm³/mol. The van der Waals surface area contributed by atoms with Gasteiger partial charge in [-0.1, -0.05) is 44.2 Å².